The zero-order valence-electron chi connectivity index (χ0n) is 11.4. The number of aromatic amines is 1. The molecule has 2 rings (SSSR count). The highest BCUT2D eigenvalue weighted by Crippen LogP contribution is 2.13. The van der Waals surface area contributed by atoms with Gasteiger partial charge in [-0.05, 0) is 19.4 Å². The van der Waals surface area contributed by atoms with Gasteiger partial charge in [-0.2, -0.15) is 15.4 Å². The predicted octanol–water partition coefficient (Wildman–Crippen LogP) is -0.310. The van der Waals surface area contributed by atoms with Crippen LogP contribution in [0.15, 0.2) is 6.20 Å². The Kier molecular flexibility index (Phi) is 4.86. The van der Waals surface area contributed by atoms with E-state index in [0.29, 0.717) is 11.7 Å². The van der Waals surface area contributed by atoms with Crippen LogP contribution in [-0.2, 0) is 0 Å². The summed E-state index contributed by atoms with van der Waals surface area (Å²) in [7, 11) is 0. The van der Waals surface area contributed by atoms with E-state index in [4.69, 9.17) is 5.73 Å². The quantitative estimate of drug-likeness (QED) is 0.763. The summed E-state index contributed by atoms with van der Waals surface area (Å²) in [6.45, 7) is 6.20. The zero-order chi connectivity index (χ0) is 13.7. The zero-order valence-corrected chi connectivity index (χ0v) is 11.4. The molecule has 2 heterocycles. The van der Waals surface area contributed by atoms with Crippen molar-refractivity contribution in [2.24, 2.45) is 5.73 Å². The molecule has 19 heavy (non-hydrogen) atoms. The van der Waals surface area contributed by atoms with Crippen LogP contribution < -0.4 is 5.73 Å². The number of hydrogen-bond acceptors (Lipinski definition) is 5. The molecule has 1 unspecified atom stereocenters. The number of piperazine rings is 1. The maximum atomic E-state index is 12.1. The molecule has 1 fully saturated rings. The Bertz CT molecular complexity index is 385. The van der Waals surface area contributed by atoms with Gasteiger partial charge in [0.25, 0.3) is 5.91 Å². The normalized spacial score (nSPS) is 18.5. The van der Waals surface area contributed by atoms with Gasteiger partial charge in [-0.1, -0.05) is 6.92 Å². The standard InChI is InChI=1S/C12H22N6O/c1-2-10(3-4-13)17-5-7-18(8-6-17)12(19)11-9-14-16-15-11/h9-10H,2-8,13H2,1H3,(H,14,15,16). The maximum absolute atomic E-state index is 12.1. The van der Waals surface area contributed by atoms with Crippen molar-refractivity contribution in [1.29, 1.82) is 0 Å². The molecule has 1 aromatic heterocycles. The highest BCUT2D eigenvalue weighted by atomic mass is 16.2. The number of carbonyl (C=O) groups excluding carboxylic acids is 1. The van der Waals surface area contributed by atoms with Gasteiger partial charge in [-0.15, -0.1) is 0 Å². The minimum absolute atomic E-state index is 0.0414. The molecule has 7 heteroatoms. The molecule has 0 aliphatic carbocycles. The molecular formula is C12H22N6O. The fourth-order valence-corrected chi connectivity index (χ4v) is 2.59. The van der Waals surface area contributed by atoms with Gasteiger partial charge in [0.05, 0.1) is 6.20 Å². The third-order valence-electron chi connectivity index (χ3n) is 3.72. The number of nitrogens with two attached hydrogens (primary N) is 1. The van der Waals surface area contributed by atoms with Crippen LogP contribution in [0.4, 0.5) is 0 Å². The van der Waals surface area contributed by atoms with Crippen molar-refractivity contribution in [3.05, 3.63) is 11.9 Å². The van der Waals surface area contributed by atoms with Crippen molar-refractivity contribution in [3.63, 3.8) is 0 Å². The van der Waals surface area contributed by atoms with Gasteiger partial charge in [0.2, 0.25) is 0 Å². The Balaban J connectivity index is 1.87. The van der Waals surface area contributed by atoms with E-state index >= 15 is 0 Å². The van der Waals surface area contributed by atoms with Crippen LogP contribution in [-0.4, -0.2) is 69.9 Å². The predicted molar refractivity (Wildman–Crippen MR) is 71.6 cm³/mol. The third kappa shape index (κ3) is 3.30. The monoisotopic (exact) mass is 266 g/mol. The molecule has 1 atom stereocenters. The van der Waals surface area contributed by atoms with Crippen LogP contribution in [0.1, 0.15) is 30.3 Å². The second-order valence-corrected chi connectivity index (χ2v) is 4.82. The molecule has 0 aromatic carbocycles. The molecule has 1 aliphatic rings. The van der Waals surface area contributed by atoms with Crippen molar-refractivity contribution < 1.29 is 4.79 Å². The Morgan fingerprint density at radius 1 is 1.47 bits per heavy atom. The number of nitrogens with one attached hydrogen (secondary N) is 1. The minimum Gasteiger partial charge on any atom is -0.335 e. The van der Waals surface area contributed by atoms with Gasteiger partial charge in [0, 0.05) is 32.2 Å². The average Bonchev–Trinajstić information content (AvgIpc) is 2.98. The first-order valence-corrected chi connectivity index (χ1v) is 6.85. The van der Waals surface area contributed by atoms with E-state index < -0.39 is 0 Å². The third-order valence-corrected chi connectivity index (χ3v) is 3.72. The lowest BCUT2D eigenvalue weighted by Crippen LogP contribution is -2.52. The van der Waals surface area contributed by atoms with Gasteiger partial charge < -0.3 is 10.6 Å². The second-order valence-electron chi connectivity index (χ2n) is 4.82. The van der Waals surface area contributed by atoms with Crippen molar-refractivity contribution in [2.75, 3.05) is 32.7 Å². The summed E-state index contributed by atoms with van der Waals surface area (Å²) in [5, 5.41) is 9.98. The molecular weight excluding hydrogens is 244 g/mol. The molecule has 1 saturated heterocycles. The average molecular weight is 266 g/mol. The Morgan fingerprint density at radius 2 is 2.21 bits per heavy atom. The first-order valence-electron chi connectivity index (χ1n) is 6.85. The minimum atomic E-state index is -0.0414. The first-order chi connectivity index (χ1) is 9.26. The van der Waals surface area contributed by atoms with Gasteiger partial charge in [0.1, 0.15) is 0 Å². The summed E-state index contributed by atoms with van der Waals surface area (Å²) in [5.41, 5.74) is 6.03. The van der Waals surface area contributed by atoms with Gasteiger partial charge in [0.15, 0.2) is 5.69 Å². The SMILES string of the molecule is CCC(CCN)N1CCN(C(=O)c2cn[nH]n2)CC1. The van der Waals surface area contributed by atoms with Crippen molar-refractivity contribution in [1.82, 2.24) is 25.2 Å². The van der Waals surface area contributed by atoms with Gasteiger partial charge in [-0.25, -0.2) is 0 Å². The lowest BCUT2D eigenvalue weighted by Gasteiger charge is -2.38. The summed E-state index contributed by atoms with van der Waals surface area (Å²) in [5.74, 6) is -0.0414. The van der Waals surface area contributed by atoms with Gasteiger partial charge >= 0.3 is 0 Å². The topological polar surface area (TPSA) is 91.1 Å². The van der Waals surface area contributed by atoms with E-state index in [-0.39, 0.29) is 5.91 Å². The Labute approximate surface area is 113 Å². The van der Waals surface area contributed by atoms with Crippen LogP contribution in [0.2, 0.25) is 0 Å². The number of rotatable bonds is 5. The fourth-order valence-electron chi connectivity index (χ4n) is 2.59. The highest BCUT2D eigenvalue weighted by Gasteiger charge is 2.26. The number of hydrogen-bond donors (Lipinski definition) is 2. The molecule has 0 saturated carbocycles. The second kappa shape index (κ2) is 6.63. The summed E-state index contributed by atoms with van der Waals surface area (Å²) in [6.07, 6.45) is 3.60. The summed E-state index contributed by atoms with van der Waals surface area (Å²) < 4.78 is 0. The van der Waals surface area contributed by atoms with Crippen molar-refractivity contribution in [3.8, 4) is 0 Å². The van der Waals surface area contributed by atoms with Crippen LogP contribution in [0.25, 0.3) is 0 Å². The summed E-state index contributed by atoms with van der Waals surface area (Å²) in [4.78, 5) is 16.4. The first kappa shape index (κ1) is 14.0. The molecule has 106 valence electrons. The van der Waals surface area contributed by atoms with E-state index in [2.05, 4.69) is 27.2 Å². The molecule has 1 amide bonds. The van der Waals surface area contributed by atoms with E-state index in [1.54, 1.807) is 0 Å². The lowest BCUT2D eigenvalue weighted by atomic mass is 10.1. The van der Waals surface area contributed by atoms with Crippen LogP contribution in [0.5, 0.6) is 0 Å². The van der Waals surface area contributed by atoms with E-state index in [9.17, 15) is 4.79 Å². The Morgan fingerprint density at radius 3 is 2.74 bits per heavy atom. The smallest absolute Gasteiger partial charge is 0.276 e. The van der Waals surface area contributed by atoms with Crippen molar-refractivity contribution in [2.45, 2.75) is 25.8 Å². The molecule has 3 N–H and O–H groups in total. The van der Waals surface area contributed by atoms with Crippen LogP contribution in [0, 0.1) is 0 Å². The number of carbonyl (C=O) groups is 1. The van der Waals surface area contributed by atoms with Crippen molar-refractivity contribution >= 4 is 5.91 Å². The molecule has 7 nitrogen and oxygen atoms in total. The molecule has 0 bridgehead atoms. The highest BCUT2D eigenvalue weighted by molar-refractivity contribution is 5.91. The summed E-state index contributed by atoms with van der Waals surface area (Å²) >= 11 is 0. The van der Waals surface area contributed by atoms with Crippen LogP contribution in [0.3, 0.4) is 0 Å². The van der Waals surface area contributed by atoms with E-state index in [1.807, 2.05) is 4.90 Å². The van der Waals surface area contributed by atoms with E-state index in [1.165, 1.54) is 6.20 Å². The molecule has 1 aliphatic heterocycles. The lowest BCUT2D eigenvalue weighted by molar-refractivity contribution is 0.0551. The number of aromatic nitrogens is 3. The fraction of sp³-hybridized carbons (Fsp3) is 0.750. The molecule has 0 spiro atoms. The van der Waals surface area contributed by atoms with Gasteiger partial charge in [-0.3, -0.25) is 9.69 Å². The maximum Gasteiger partial charge on any atom is 0.276 e. The number of H-pyrrole nitrogens is 1. The summed E-state index contributed by atoms with van der Waals surface area (Å²) in [6, 6.07) is 0.536. The van der Waals surface area contributed by atoms with E-state index in [0.717, 1.165) is 45.6 Å². The molecule has 0 radical (unpaired) electrons. The molecule has 1 aromatic rings. The number of nitrogens with zero attached hydrogens (tertiary/aromatic N) is 4. The Hall–Kier alpha value is -1.47. The van der Waals surface area contributed by atoms with Crippen LogP contribution >= 0.6 is 0 Å². The number of amides is 1. The largest absolute Gasteiger partial charge is 0.335 e.